The Kier molecular flexibility index (Phi) is 8.04. The molecular formula is C22H33N5O4. The Balaban J connectivity index is 2.17. The number of hydrazine groups is 1. The number of nitrogens with two attached hydrogens (primary N) is 1. The van der Waals surface area contributed by atoms with Crippen molar-refractivity contribution in [3.05, 3.63) is 36.0 Å². The van der Waals surface area contributed by atoms with Crippen molar-refractivity contribution in [3.63, 3.8) is 0 Å². The van der Waals surface area contributed by atoms with Crippen LogP contribution in [0.2, 0.25) is 0 Å². The van der Waals surface area contributed by atoms with Crippen molar-refractivity contribution in [2.45, 2.75) is 65.1 Å². The summed E-state index contributed by atoms with van der Waals surface area (Å²) in [5.74, 6) is 4.47. The zero-order chi connectivity index (χ0) is 23.2. The van der Waals surface area contributed by atoms with Gasteiger partial charge >= 0.3 is 6.09 Å². The van der Waals surface area contributed by atoms with E-state index in [1.165, 1.54) is 0 Å². The molecule has 1 aromatic heterocycles. The second-order valence-electron chi connectivity index (χ2n) is 8.96. The average Bonchev–Trinajstić information content (AvgIpc) is 3.07. The molecule has 0 spiro atoms. The molecule has 0 aliphatic heterocycles. The lowest BCUT2D eigenvalue weighted by molar-refractivity contribution is -0.130. The highest BCUT2D eigenvalue weighted by atomic mass is 16.6. The van der Waals surface area contributed by atoms with Crippen LogP contribution in [0.3, 0.4) is 0 Å². The summed E-state index contributed by atoms with van der Waals surface area (Å²) in [4.78, 5) is 40.8. The molecule has 9 nitrogen and oxygen atoms in total. The first-order chi connectivity index (χ1) is 14.5. The van der Waals surface area contributed by atoms with Gasteiger partial charge in [0.15, 0.2) is 0 Å². The fourth-order valence-electron chi connectivity index (χ4n) is 3.26. The molecule has 0 saturated carbocycles. The van der Waals surface area contributed by atoms with Crippen molar-refractivity contribution in [2.24, 2.45) is 11.8 Å². The highest BCUT2D eigenvalue weighted by molar-refractivity contribution is 5.92. The first-order valence-corrected chi connectivity index (χ1v) is 10.4. The molecule has 1 heterocycles. The van der Waals surface area contributed by atoms with Crippen LogP contribution in [0, 0.1) is 5.92 Å². The lowest BCUT2D eigenvalue weighted by Crippen LogP contribution is -2.56. The number of benzene rings is 1. The molecule has 170 valence electrons. The minimum Gasteiger partial charge on any atom is -0.444 e. The molecule has 3 amide bonds. The van der Waals surface area contributed by atoms with Crippen LogP contribution in [0.1, 0.15) is 46.6 Å². The van der Waals surface area contributed by atoms with Crippen molar-refractivity contribution in [1.29, 1.82) is 0 Å². The molecule has 1 aromatic carbocycles. The molecule has 2 rings (SSSR count). The van der Waals surface area contributed by atoms with Crippen molar-refractivity contribution >= 4 is 28.8 Å². The van der Waals surface area contributed by atoms with Crippen LogP contribution in [0.25, 0.3) is 10.9 Å². The summed E-state index contributed by atoms with van der Waals surface area (Å²) in [7, 11) is 0. The molecule has 0 saturated heterocycles. The van der Waals surface area contributed by atoms with Gasteiger partial charge in [0.25, 0.3) is 5.91 Å². The third kappa shape index (κ3) is 7.29. The Morgan fingerprint density at radius 3 is 2.35 bits per heavy atom. The molecule has 9 heteroatoms. The molecule has 0 radical (unpaired) electrons. The number of amides is 3. The summed E-state index contributed by atoms with van der Waals surface area (Å²) < 4.78 is 5.27. The van der Waals surface area contributed by atoms with E-state index in [0.717, 1.165) is 16.5 Å². The van der Waals surface area contributed by atoms with E-state index in [1.807, 2.05) is 38.1 Å². The van der Waals surface area contributed by atoms with Gasteiger partial charge in [0.05, 0.1) is 0 Å². The summed E-state index contributed by atoms with van der Waals surface area (Å²) in [6.07, 6.45) is 1.73. The van der Waals surface area contributed by atoms with E-state index in [4.69, 9.17) is 10.6 Å². The van der Waals surface area contributed by atoms with E-state index < -0.39 is 35.6 Å². The van der Waals surface area contributed by atoms with Crippen LogP contribution in [0.5, 0.6) is 0 Å². The highest BCUT2D eigenvalue weighted by Crippen LogP contribution is 2.19. The van der Waals surface area contributed by atoms with Gasteiger partial charge < -0.3 is 20.4 Å². The van der Waals surface area contributed by atoms with Gasteiger partial charge in [-0.05, 0) is 44.7 Å². The zero-order valence-electron chi connectivity index (χ0n) is 18.7. The third-order valence-electron chi connectivity index (χ3n) is 4.59. The molecule has 0 fully saturated rings. The molecule has 2 atom stereocenters. The molecular weight excluding hydrogens is 398 g/mol. The van der Waals surface area contributed by atoms with E-state index in [-0.39, 0.29) is 12.3 Å². The second-order valence-corrected chi connectivity index (χ2v) is 8.96. The maximum Gasteiger partial charge on any atom is 0.408 e. The molecule has 2 aromatic rings. The van der Waals surface area contributed by atoms with E-state index in [2.05, 4.69) is 21.0 Å². The molecule has 0 bridgehead atoms. The number of carbonyl (C=O) groups excluding carboxylic acids is 3. The van der Waals surface area contributed by atoms with Crippen LogP contribution in [0.4, 0.5) is 4.79 Å². The first kappa shape index (κ1) is 24.2. The molecule has 0 aliphatic carbocycles. The van der Waals surface area contributed by atoms with Gasteiger partial charge in [-0.25, -0.2) is 10.6 Å². The number of hydrogen-bond donors (Lipinski definition) is 5. The zero-order valence-corrected chi connectivity index (χ0v) is 18.7. The van der Waals surface area contributed by atoms with Gasteiger partial charge in [-0.2, -0.15) is 0 Å². The smallest absolute Gasteiger partial charge is 0.408 e. The number of hydrogen-bond acceptors (Lipinski definition) is 5. The number of aromatic nitrogens is 1. The SMILES string of the molecule is CC(C)C[C@@H](NC(=O)OC(C)(C)C)C(=O)N[C@@H](Cc1c[nH]c2ccccc12)C(=O)NN. The fraction of sp³-hybridized carbons (Fsp3) is 0.500. The maximum absolute atomic E-state index is 13.0. The normalized spacial score (nSPS) is 13.5. The van der Waals surface area contributed by atoms with Crippen molar-refractivity contribution in [2.75, 3.05) is 0 Å². The molecule has 0 unspecified atom stereocenters. The van der Waals surface area contributed by atoms with Crippen LogP contribution >= 0.6 is 0 Å². The first-order valence-electron chi connectivity index (χ1n) is 10.4. The Morgan fingerprint density at radius 2 is 1.74 bits per heavy atom. The predicted molar refractivity (Wildman–Crippen MR) is 119 cm³/mol. The van der Waals surface area contributed by atoms with Crippen LogP contribution in [-0.2, 0) is 20.7 Å². The third-order valence-corrected chi connectivity index (χ3v) is 4.59. The average molecular weight is 432 g/mol. The topological polar surface area (TPSA) is 138 Å². The number of fused-ring (bicyclic) bond motifs is 1. The highest BCUT2D eigenvalue weighted by Gasteiger charge is 2.29. The second kappa shape index (κ2) is 10.3. The number of aromatic amines is 1. The monoisotopic (exact) mass is 431 g/mol. The minimum absolute atomic E-state index is 0.126. The standard InChI is InChI=1S/C22H33N5O4/c1-13(2)10-17(26-21(30)31-22(3,4)5)19(28)25-18(20(29)27-23)11-14-12-24-16-9-7-6-8-15(14)16/h6-9,12-13,17-18,24H,10-11,23H2,1-5H3,(H,25,28)(H,26,30)(H,27,29)/t17-,18+/m1/s1. The van der Waals surface area contributed by atoms with Gasteiger partial charge in [0.2, 0.25) is 5.91 Å². The lowest BCUT2D eigenvalue weighted by atomic mass is 10.0. The van der Waals surface area contributed by atoms with Crippen LogP contribution < -0.4 is 21.9 Å². The Hall–Kier alpha value is -3.07. The summed E-state index contributed by atoms with van der Waals surface area (Å²) in [6.45, 7) is 9.10. The van der Waals surface area contributed by atoms with Crippen LogP contribution in [0.15, 0.2) is 30.5 Å². The summed E-state index contributed by atoms with van der Waals surface area (Å²) in [5, 5.41) is 6.30. The van der Waals surface area contributed by atoms with Crippen molar-refractivity contribution in [1.82, 2.24) is 21.0 Å². The summed E-state index contributed by atoms with van der Waals surface area (Å²) in [6, 6.07) is 5.91. The molecule has 0 aliphatic rings. The van der Waals surface area contributed by atoms with Gasteiger partial charge in [-0.15, -0.1) is 0 Å². The number of H-pyrrole nitrogens is 1. The van der Waals surface area contributed by atoms with E-state index in [0.29, 0.717) is 6.42 Å². The number of alkyl carbamates (subject to hydrolysis) is 1. The quantitative estimate of drug-likeness (QED) is 0.248. The van der Waals surface area contributed by atoms with Gasteiger partial charge in [-0.1, -0.05) is 32.0 Å². The van der Waals surface area contributed by atoms with Gasteiger partial charge in [0.1, 0.15) is 17.7 Å². The van der Waals surface area contributed by atoms with E-state index >= 15 is 0 Å². The summed E-state index contributed by atoms with van der Waals surface area (Å²) in [5.41, 5.74) is 3.21. The number of carbonyl (C=O) groups is 3. The number of nitrogens with one attached hydrogen (secondary N) is 4. The Morgan fingerprint density at radius 1 is 1.06 bits per heavy atom. The molecule has 6 N–H and O–H groups in total. The van der Waals surface area contributed by atoms with E-state index in [1.54, 1.807) is 27.0 Å². The van der Waals surface area contributed by atoms with Crippen LogP contribution in [-0.4, -0.2) is 40.6 Å². The lowest BCUT2D eigenvalue weighted by Gasteiger charge is -2.25. The predicted octanol–water partition coefficient (Wildman–Crippen LogP) is 2.12. The van der Waals surface area contributed by atoms with Crippen molar-refractivity contribution in [3.8, 4) is 0 Å². The largest absolute Gasteiger partial charge is 0.444 e. The minimum atomic E-state index is -0.910. The maximum atomic E-state index is 13.0. The number of para-hydroxylation sites is 1. The number of rotatable bonds is 8. The van der Waals surface area contributed by atoms with Crippen molar-refractivity contribution < 1.29 is 19.1 Å². The Labute approximate surface area is 182 Å². The van der Waals surface area contributed by atoms with Gasteiger partial charge in [-0.3, -0.25) is 15.0 Å². The Bertz CT molecular complexity index is 916. The summed E-state index contributed by atoms with van der Waals surface area (Å²) >= 11 is 0. The van der Waals surface area contributed by atoms with E-state index in [9.17, 15) is 14.4 Å². The van der Waals surface area contributed by atoms with Gasteiger partial charge in [0, 0.05) is 23.5 Å². The number of ether oxygens (including phenoxy) is 1. The fourth-order valence-corrected chi connectivity index (χ4v) is 3.26. The molecule has 31 heavy (non-hydrogen) atoms.